The van der Waals surface area contributed by atoms with Gasteiger partial charge in [-0.3, -0.25) is 0 Å². The molecule has 2 aromatic carbocycles. The summed E-state index contributed by atoms with van der Waals surface area (Å²) < 4.78 is 0. The Balaban J connectivity index is 1.86. The summed E-state index contributed by atoms with van der Waals surface area (Å²) in [7, 11) is 0. The highest BCUT2D eigenvalue weighted by Gasteiger charge is 2.03. The van der Waals surface area contributed by atoms with Gasteiger partial charge < -0.3 is 5.32 Å². The van der Waals surface area contributed by atoms with Crippen LogP contribution in [-0.2, 0) is 13.0 Å². The van der Waals surface area contributed by atoms with Gasteiger partial charge in [0, 0.05) is 12.6 Å². The second kappa shape index (κ2) is 6.72. The molecule has 0 aromatic heterocycles. The molecule has 2 heteroatoms. The summed E-state index contributed by atoms with van der Waals surface area (Å²) in [6.45, 7) is 2.98. The first-order chi connectivity index (χ1) is 9.28. The zero-order valence-electron chi connectivity index (χ0n) is 11.1. The molecule has 0 saturated heterocycles. The predicted molar refractivity (Wildman–Crippen MR) is 77.6 cm³/mol. The minimum absolute atomic E-state index is 0.410. The Labute approximate surface area is 114 Å². The van der Waals surface area contributed by atoms with Gasteiger partial charge in [-0.2, -0.15) is 5.26 Å². The van der Waals surface area contributed by atoms with E-state index in [0.717, 1.165) is 24.1 Å². The third kappa shape index (κ3) is 4.24. The largest absolute Gasteiger partial charge is 0.310 e. The van der Waals surface area contributed by atoms with E-state index in [1.807, 2.05) is 30.3 Å². The molecule has 0 heterocycles. The lowest BCUT2D eigenvalue weighted by atomic mass is 10.1. The Morgan fingerprint density at radius 2 is 1.79 bits per heavy atom. The van der Waals surface area contributed by atoms with Gasteiger partial charge in [0.1, 0.15) is 0 Å². The molecule has 2 aromatic rings. The molecule has 96 valence electrons. The summed E-state index contributed by atoms with van der Waals surface area (Å²) in [6, 6.07) is 20.8. The number of nitriles is 1. The molecule has 19 heavy (non-hydrogen) atoms. The van der Waals surface area contributed by atoms with E-state index in [4.69, 9.17) is 5.26 Å². The smallest absolute Gasteiger partial charge is 0.0991 e. The normalized spacial score (nSPS) is 11.8. The Morgan fingerprint density at radius 3 is 2.53 bits per heavy atom. The van der Waals surface area contributed by atoms with Crippen molar-refractivity contribution >= 4 is 0 Å². The zero-order chi connectivity index (χ0) is 13.5. The Kier molecular flexibility index (Phi) is 4.72. The second-order valence-electron chi connectivity index (χ2n) is 4.78. The number of hydrogen-bond acceptors (Lipinski definition) is 2. The molecule has 0 spiro atoms. The van der Waals surface area contributed by atoms with Crippen molar-refractivity contribution < 1.29 is 0 Å². The van der Waals surface area contributed by atoms with Crippen molar-refractivity contribution in [1.29, 1.82) is 5.26 Å². The summed E-state index contributed by atoms with van der Waals surface area (Å²) in [6.07, 6.45) is 1.01. The van der Waals surface area contributed by atoms with E-state index < -0.39 is 0 Å². The van der Waals surface area contributed by atoms with Crippen LogP contribution in [0.4, 0.5) is 0 Å². The number of benzene rings is 2. The maximum Gasteiger partial charge on any atom is 0.0991 e. The first-order valence-electron chi connectivity index (χ1n) is 6.54. The molecular weight excluding hydrogens is 232 g/mol. The van der Waals surface area contributed by atoms with E-state index >= 15 is 0 Å². The fourth-order valence-corrected chi connectivity index (χ4v) is 2.08. The van der Waals surface area contributed by atoms with Gasteiger partial charge in [-0.05, 0) is 36.6 Å². The molecule has 2 nitrogen and oxygen atoms in total. The van der Waals surface area contributed by atoms with Crippen molar-refractivity contribution in [3.8, 4) is 6.07 Å². The van der Waals surface area contributed by atoms with Crippen LogP contribution < -0.4 is 5.32 Å². The molecule has 0 amide bonds. The fraction of sp³-hybridized carbons (Fsp3) is 0.235. The number of nitrogens with zero attached hydrogens (tertiary/aromatic N) is 1. The molecule has 0 fully saturated rings. The van der Waals surface area contributed by atoms with Gasteiger partial charge in [0.2, 0.25) is 0 Å². The molecule has 0 aliphatic rings. The summed E-state index contributed by atoms with van der Waals surface area (Å²) in [4.78, 5) is 0. The Hall–Kier alpha value is -2.11. The van der Waals surface area contributed by atoms with E-state index in [1.165, 1.54) is 5.56 Å². The number of hydrogen-bond donors (Lipinski definition) is 1. The van der Waals surface area contributed by atoms with Crippen LogP contribution in [0.3, 0.4) is 0 Å². The van der Waals surface area contributed by atoms with Crippen molar-refractivity contribution in [2.45, 2.75) is 25.9 Å². The molecule has 1 atom stereocenters. The third-order valence-corrected chi connectivity index (χ3v) is 3.10. The lowest BCUT2D eigenvalue weighted by Crippen LogP contribution is -2.27. The van der Waals surface area contributed by atoms with Crippen molar-refractivity contribution in [2.24, 2.45) is 0 Å². The van der Waals surface area contributed by atoms with Crippen LogP contribution in [0.2, 0.25) is 0 Å². The highest BCUT2D eigenvalue weighted by atomic mass is 14.9. The molecule has 1 unspecified atom stereocenters. The van der Waals surface area contributed by atoms with Gasteiger partial charge >= 0.3 is 0 Å². The van der Waals surface area contributed by atoms with E-state index in [-0.39, 0.29) is 0 Å². The van der Waals surface area contributed by atoms with Crippen LogP contribution in [0.5, 0.6) is 0 Å². The maximum atomic E-state index is 8.86. The van der Waals surface area contributed by atoms with Crippen LogP contribution in [0.15, 0.2) is 54.6 Å². The van der Waals surface area contributed by atoms with Gasteiger partial charge in [0.15, 0.2) is 0 Å². The molecule has 0 radical (unpaired) electrons. The molecule has 1 N–H and O–H groups in total. The monoisotopic (exact) mass is 250 g/mol. The molecule has 0 aliphatic heterocycles. The topological polar surface area (TPSA) is 35.8 Å². The summed E-state index contributed by atoms with van der Waals surface area (Å²) in [5, 5.41) is 12.4. The average molecular weight is 250 g/mol. The van der Waals surface area contributed by atoms with Crippen molar-refractivity contribution in [3.05, 3.63) is 71.3 Å². The molecule has 0 bridgehead atoms. The van der Waals surface area contributed by atoms with E-state index in [2.05, 4.69) is 42.6 Å². The summed E-state index contributed by atoms with van der Waals surface area (Å²) in [5.41, 5.74) is 3.21. The number of nitrogens with one attached hydrogen (secondary N) is 1. The highest BCUT2D eigenvalue weighted by molar-refractivity contribution is 5.32. The molecule has 2 rings (SSSR count). The average Bonchev–Trinajstić information content (AvgIpc) is 2.46. The summed E-state index contributed by atoms with van der Waals surface area (Å²) >= 11 is 0. The highest BCUT2D eigenvalue weighted by Crippen LogP contribution is 2.06. The maximum absolute atomic E-state index is 8.86. The van der Waals surface area contributed by atoms with E-state index in [9.17, 15) is 0 Å². The minimum Gasteiger partial charge on any atom is -0.310 e. The van der Waals surface area contributed by atoms with Crippen molar-refractivity contribution in [3.63, 3.8) is 0 Å². The Morgan fingerprint density at radius 1 is 1.05 bits per heavy atom. The zero-order valence-corrected chi connectivity index (χ0v) is 11.1. The SMILES string of the molecule is CC(Cc1ccccc1)NCc1cccc(C#N)c1. The molecule has 0 saturated carbocycles. The quantitative estimate of drug-likeness (QED) is 0.884. The fourth-order valence-electron chi connectivity index (χ4n) is 2.08. The lowest BCUT2D eigenvalue weighted by Gasteiger charge is -2.14. The van der Waals surface area contributed by atoms with Crippen LogP contribution >= 0.6 is 0 Å². The van der Waals surface area contributed by atoms with Gasteiger partial charge in [0.05, 0.1) is 11.6 Å². The van der Waals surface area contributed by atoms with Crippen molar-refractivity contribution in [2.75, 3.05) is 0 Å². The minimum atomic E-state index is 0.410. The first-order valence-corrected chi connectivity index (χ1v) is 6.54. The van der Waals surface area contributed by atoms with Crippen LogP contribution in [0.1, 0.15) is 23.6 Å². The first kappa shape index (κ1) is 13.3. The Bertz CT molecular complexity index is 555. The predicted octanol–water partition coefficient (Wildman–Crippen LogP) is 3.28. The molecule has 0 aliphatic carbocycles. The van der Waals surface area contributed by atoms with Gasteiger partial charge in [0.25, 0.3) is 0 Å². The second-order valence-corrected chi connectivity index (χ2v) is 4.78. The van der Waals surface area contributed by atoms with Crippen LogP contribution in [0, 0.1) is 11.3 Å². The van der Waals surface area contributed by atoms with Crippen LogP contribution in [0.25, 0.3) is 0 Å². The third-order valence-electron chi connectivity index (χ3n) is 3.10. The number of rotatable bonds is 5. The molecular formula is C17H18N2. The van der Waals surface area contributed by atoms with E-state index in [0.29, 0.717) is 6.04 Å². The van der Waals surface area contributed by atoms with Crippen molar-refractivity contribution in [1.82, 2.24) is 5.32 Å². The van der Waals surface area contributed by atoms with E-state index in [1.54, 1.807) is 0 Å². The standard InChI is InChI=1S/C17H18N2/c1-14(10-15-6-3-2-4-7-15)19-13-17-9-5-8-16(11-17)12-18/h2-9,11,14,19H,10,13H2,1H3. The van der Waals surface area contributed by atoms with Gasteiger partial charge in [-0.15, -0.1) is 0 Å². The lowest BCUT2D eigenvalue weighted by molar-refractivity contribution is 0.545. The van der Waals surface area contributed by atoms with Gasteiger partial charge in [-0.1, -0.05) is 42.5 Å². The van der Waals surface area contributed by atoms with Crippen LogP contribution in [-0.4, -0.2) is 6.04 Å². The van der Waals surface area contributed by atoms with Gasteiger partial charge in [-0.25, -0.2) is 0 Å². The summed E-state index contributed by atoms with van der Waals surface area (Å²) in [5.74, 6) is 0.